The van der Waals surface area contributed by atoms with Gasteiger partial charge in [0, 0.05) is 22.1 Å². The van der Waals surface area contributed by atoms with Crippen molar-refractivity contribution in [3.05, 3.63) is 39.8 Å². The molecule has 0 radical (unpaired) electrons. The van der Waals surface area contributed by atoms with Gasteiger partial charge in [-0.15, -0.1) is 11.3 Å². The normalized spacial score (nSPS) is 25.1. The smallest absolute Gasteiger partial charge is 0.0829 e. The predicted molar refractivity (Wildman–Crippen MR) is 58.9 cm³/mol. The average molecular weight is 220 g/mol. The van der Waals surface area contributed by atoms with Crippen molar-refractivity contribution in [3.63, 3.8) is 0 Å². The second kappa shape index (κ2) is 3.47. The first kappa shape index (κ1) is 9.12. The Morgan fingerprint density at radius 2 is 2.47 bits per heavy atom. The third kappa shape index (κ3) is 1.50. The number of thiophene rings is 1. The van der Waals surface area contributed by atoms with Gasteiger partial charge < -0.3 is 5.11 Å². The lowest BCUT2D eigenvalue weighted by molar-refractivity contribution is 0.148. The van der Waals surface area contributed by atoms with E-state index in [1.165, 1.54) is 4.88 Å². The minimum atomic E-state index is -0.361. The van der Waals surface area contributed by atoms with E-state index in [9.17, 15) is 5.11 Å². The predicted octanol–water partition coefficient (Wildman–Crippen LogP) is 2.23. The fourth-order valence-corrected chi connectivity index (χ4v) is 3.08. The van der Waals surface area contributed by atoms with Gasteiger partial charge >= 0.3 is 0 Å². The summed E-state index contributed by atoms with van der Waals surface area (Å²) in [5, 5.41) is 19.0. The topological polar surface area (TPSA) is 48.9 Å². The van der Waals surface area contributed by atoms with Crippen LogP contribution in [0.5, 0.6) is 0 Å². The van der Waals surface area contributed by atoms with E-state index in [1.807, 2.05) is 0 Å². The van der Waals surface area contributed by atoms with Crippen molar-refractivity contribution in [1.82, 2.24) is 10.2 Å². The van der Waals surface area contributed by atoms with Crippen LogP contribution < -0.4 is 0 Å². The highest BCUT2D eigenvalue weighted by molar-refractivity contribution is 7.10. The number of hydrogen-bond acceptors (Lipinski definition) is 3. The maximum absolute atomic E-state index is 9.96. The molecule has 1 aliphatic carbocycles. The van der Waals surface area contributed by atoms with Crippen LogP contribution in [0.3, 0.4) is 0 Å². The molecule has 0 fully saturated rings. The third-order valence-electron chi connectivity index (χ3n) is 3.01. The van der Waals surface area contributed by atoms with Gasteiger partial charge in [-0.25, -0.2) is 0 Å². The summed E-state index contributed by atoms with van der Waals surface area (Å²) >= 11 is 1.76. The maximum Gasteiger partial charge on any atom is 0.0829 e. The molecule has 0 amide bonds. The van der Waals surface area contributed by atoms with Crippen molar-refractivity contribution in [3.8, 4) is 0 Å². The Bertz CT molecular complexity index is 449. The summed E-state index contributed by atoms with van der Waals surface area (Å²) in [5.41, 5.74) is 2.06. The summed E-state index contributed by atoms with van der Waals surface area (Å²) in [6.45, 7) is 0. The largest absolute Gasteiger partial charge is 0.388 e. The summed E-state index contributed by atoms with van der Waals surface area (Å²) in [5.74, 6) is 0.438. The first-order valence-corrected chi connectivity index (χ1v) is 5.96. The van der Waals surface area contributed by atoms with Crippen LogP contribution in [0.15, 0.2) is 23.7 Å². The van der Waals surface area contributed by atoms with E-state index in [-0.39, 0.29) is 6.10 Å². The van der Waals surface area contributed by atoms with Crippen LogP contribution in [-0.4, -0.2) is 15.3 Å². The van der Waals surface area contributed by atoms with Gasteiger partial charge in [-0.05, 0) is 24.3 Å². The highest BCUT2D eigenvalue weighted by Gasteiger charge is 2.28. The minimum Gasteiger partial charge on any atom is -0.388 e. The molecule has 78 valence electrons. The second-order valence-corrected chi connectivity index (χ2v) is 4.95. The summed E-state index contributed by atoms with van der Waals surface area (Å²) in [4.78, 5) is 1.36. The number of hydrogen-bond donors (Lipinski definition) is 2. The molecule has 2 atom stereocenters. The van der Waals surface area contributed by atoms with Crippen molar-refractivity contribution in [2.75, 3.05) is 0 Å². The van der Waals surface area contributed by atoms with Crippen LogP contribution in [0.4, 0.5) is 0 Å². The highest BCUT2D eigenvalue weighted by atomic mass is 32.1. The molecule has 0 aliphatic heterocycles. The molecule has 0 bridgehead atoms. The van der Waals surface area contributed by atoms with Crippen molar-refractivity contribution >= 4 is 11.3 Å². The van der Waals surface area contributed by atoms with Crippen molar-refractivity contribution < 1.29 is 5.11 Å². The van der Waals surface area contributed by atoms with E-state index in [1.54, 1.807) is 17.5 Å². The Morgan fingerprint density at radius 3 is 3.27 bits per heavy atom. The third-order valence-corrected chi connectivity index (χ3v) is 4.05. The number of H-pyrrole nitrogens is 1. The molecule has 0 spiro atoms. The molecular weight excluding hydrogens is 208 g/mol. The van der Waals surface area contributed by atoms with Crippen LogP contribution in [-0.2, 0) is 6.42 Å². The van der Waals surface area contributed by atoms with Crippen molar-refractivity contribution in [2.24, 2.45) is 0 Å². The van der Waals surface area contributed by atoms with Crippen LogP contribution >= 0.6 is 11.3 Å². The van der Waals surface area contributed by atoms with Gasteiger partial charge in [0.1, 0.15) is 0 Å². The Kier molecular flexibility index (Phi) is 2.11. The molecule has 2 heterocycles. The number of fused-ring (bicyclic) bond motifs is 1. The molecule has 4 heteroatoms. The van der Waals surface area contributed by atoms with Gasteiger partial charge in [-0.1, -0.05) is 6.07 Å². The average Bonchev–Trinajstić information content (AvgIpc) is 2.88. The molecule has 2 aromatic heterocycles. The van der Waals surface area contributed by atoms with Gasteiger partial charge in [-0.3, -0.25) is 5.10 Å². The number of nitrogens with one attached hydrogen (secondary N) is 1. The summed E-state index contributed by atoms with van der Waals surface area (Å²) in [6.07, 6.45) is 3.16. The van der Waals surface area contributed by atoms with Gasteiger partial charge in [-0.2, -0.15) is 5.10 Å². The Morgan fingerprint density at radius 1 is 1.53 bits per heavy atom. The number of nitrogens with zero attached hydrogens (tertiary/aromatic N) is 1. The molecular formula is C11H12N2OS. The first-order valence-electron chi connectivity index (χ1n) is 5.08. The van der Waals surface area contributed by atoms with Gasteiger partial charge in [0.2, 0.25) is 0 Å². The maximum atomic E-state index is 9.96. The van der Waals surface area contributed by atoms with E-state index in [0.29, 0.717) is 5.92 Å². The lowest BCUT2D eigenvalue weighted by atomic mass is 9.85. The number of aromatic amines is 1. The standard InChI is InChI=1S/C11H12N2OS/c14-10-5-7(11-2-1-3-15-11)4-9-8(10)6-12-13-9/h1-3,6-7,10,14H,4-5H2,(H,12,13). The minimum absolute atomic E-state index is 0.361. The van der Waals surface area contributed by atoms with E-state index in [4.69, 9.17) is 0 Å². The number of rotatable bonds is 1. The number of aliphatic hydroxyl groups excluding tert-OH is 1. The molecule has 2 aromatic rings. The van der Waals surface area contributed by atoms with E-state index in [2.05, 4.69) is 27.7 Å². The Balaban J connectivity index is 1.93. The van der Waals surface area contributed by atoms with Gasteiger partial charge in [0.15, 0.2) is 0 Å². The van der Waals surface area contributed by atoms with Gasteiger partial charge in [0.25, 0.3) is 0 Å². The molecule has 3 rings (SSSR count). The highest BCUT2D eigenvalue weighted by Crippen LogP contribution is 2.38. The zero-order valence-electron chi connectivity index (χ0n) is 8.18. The molecule has 0 aromatic carbocycles. The molecule has 15 heavy (non-hydrogen) atoms. The van der Waals surface area contributed by atoms with E-state index < -0.39 is 0 Å². The molecule has 2 unspecified atom stereocenters. The fourth-order valence-electron chi connectivity index (χ4n) is 2.24. The van der Waals surface area contributed by atoms with Crippen molar-refractivity contribution in [1.29, 1.82) is 0 Å². The van der Waals surface area contributed by atoms with Crippen molar-refractivity contribution in [2.45, 2.75) is 24.9 Å². The quantitative estimate of drug-likeness (QED) is 0.774. The zero-order chi connectivity index (χ0) is 10.3. The van der Waals surface area contributed by atoms with Gasteiger partial charge in [0.05, 0.1) is 12.3 Å². The zero-order valence-corrected chi connectivity index (χ0v) is 9.00. The summed E-state index contributed by atoms with van der Waals surface area (Å²) in [6, 6.07) is 4.21. The molecule has 0 saturated heterocycles. The molecule has 1 aliphatic rings. The lowest BCUT2D eigenvalue weighted by Gasteiger charge is -2.24. The van der Waals surface area contributed by atoms with Crippen LogP contribution in [0.1, 0.15) is 34.6 Å². The molecule has 3 nitrogen and oxygen atoms in total. The van der Waals surface area contributed by atoms with Crippen LogP contribution in [0.2, 0.25) is 0 Å². The van der Waals surface area contributed by atoms with E-state index >= 15 is 0 Å². The summed E-state index contributed by atoms with van der Waals surface area (Å²) in [7, 11) is 0. The molecule has 0 saturated carbocycles. The first-order chi connectivity index (χ1) is 7.34. The van der Waals surface area contributed by atoms with Crippen LogP contribution in [0.25, 0.3) is 0 Å². The Labute approximate surface area is 91.8 Å². The molecule has 2 N–H and O–H groups in total. The van der Waals surface area contributed by atoms with Crippen LogP contribution in [0, 0.1) is 0 Å². The number of aliphatic hydroxyl groups is 1. The monoisotopic (exact) mass is 220 g/mol. The lowest BCUT2D eigenvalue weighted by Crippen LogP contribution is -2.15. The Hall–Kier alpha value is -1.13. The fraction of sp³-hybridized carbons (Fsp3) is 0.364. The van der Waals surface area contributed by atoms with E-state index in [0.717, 1.165) is 24.1 Å². The summed E-state index contributed by atoms with van der Waals surface area (Å²) < 4.78 is 0. The SMILES string of the molecule is OC1CC(c2cccs2)Cc2[nH]ncc21. The number of aromatic nitrogens is 2. The second-order valence-electron chi connectivity index (χ2n) is 3.97.